The molecule has 3 rings (SSSR count). The average molecular weight is 363 g/mol. The molecule has 0 aromatic heterocycles. The van der Waals surface area contributed by atoms with Crippen LogP contribution in [0.3, 0.4) is 0 Å². The Morgan fingerprint density at radius 2 is 2.00 bits per heavy atom. The number of hydrogen-bond acceptors (Lipinski definition) is 4. The quantitative estimate of drug-likeness (QED) is 0.617. The highest BCUT2D eigenvalue weighted by Gasteiger charge is 2.25. The largest absolute Gasteiger partial charge is 0.465 e. The molecule has 0 fully saturated rings. The molecule has 0 aliphatic carbocycles. The summed E-state index contributed by atoms with van der Waals surface area (Å²) < 4.78 is 31.2. The monoisotopic (exact) mass is 363 g/mol. The van der Waals surface area contributed by atoms with E-state index in [1.54, 1.807) is 23.1 Å². The van der Waals surface area contributed by atoms with Gasteiger partial charge in [0.25, 0.3) is 0 Å². The predicted molar refractivity (Wildman–Crippen MR) is 90.9 cm³/mol. The van der Waals surface area contributed by atoms with Crippen LogP contribution >= 0.6 is 11.8 Å². The predicted octanol–water partition coefficient (Wildman–Crippen LogP) is 3.43. The van der Waals surface area contributed by atoms with E-state index in [1.165, 1.54) is 13.2 Å². The van der Waals surface area contributed by atoms with Gasteiger partial charge in [-0.3, -0.25) is 4.79 Å². The number of nitrogens with zero attached hydrogens (tertiary/aromatic N) is 1. The van der Waals surface area contributed by atoms with Crippen molar-refractivity contribution in [3.8, 4) is 0 Å². The lowest BCUT2D eigenvalue weighted by molar-refractivity contribution is -0.116. The molecule has 0 saturated heterocycles. The number of amides is 1. The molecule has 0 saturated carbocycles. The van der Waals surface area contributed by atoms with Crippen molar-refractivity contribution < 1.29 is 23.1 Å². The fourth-order valence-electron chi connectivity index (χ4n) is 2.72. The smallest absolute Gasteiger partial charge is 0.337 e. The number of esters is 1. The summed E-state index contributed by atoms with van der Waals surface area (Å²) in [6.45, 7) is 0.505. The molecule has 0 atom stereocenters. The van der Waals surface area contributed by atoms with E-state index in [0.717, 1.165) is 35.1 Å². The van der Waals surface area contributed by atoms with Gasteiger partial charge in [0.05, 0.1) is 18.4 Å². The van der Waals surface area contributed by atoms with Crippen LogP contribution < -0.4 is 4.90 Å². The number of rotatable bonds is 4. The lowest BCUT2D eigenvalue weighted by Gasteiger charge is -2.17. The van der Waals surface area contributed by atoms with Gasteiger partial charge in [0.15, 0.2) is 0 Å². The van der Waals surface area contributed by atoms with Crippen LogP contribution in [0.2, 0.25) is 0 Å². The number of thioether (sulfide) groups is 1. The van der Waals surface area contributed by atoms with Crippen LogP contribution in [0.15, 0.2) is 41.3 Å². The molecular formula is C18H15F2NO3S. The number of halogens is 2. The van der Waals surface area contributed by atoms with Crippen LogP contribution in [0.4, 0.5) is 14.5 Å². The molecule has 0 spiro atoms. The zero-order valence-corrected chi connectivity index (χ0v) is 14.2. The van der Waals surface area contributed by atoms with E-state index in [0.29, 0.717) is 18.5 Å². The Bertz CT molecular complexity index is 841. The highest BCUT2D eigenvalue weighted by Crippen LogP contribution is 2.31. The number of ether oxygens (including phenoxy) is 1. The molecule has 1 amide bonds. The van der Waals surface area contributed by atoms with Crippen molar-refractivity contribution in [1.29, 1.82) is 0 Å². The summed E-state index contributed by atoms with van der Waals surface area (Å²) in [5, 5.41) is 0. The minimum atomic E-state index is -0.678. The molecule has 0 radical (unpaired) electrons. The maximum absolute atomic E-state index is 13.6. The van der Waals surface area contributed by atoms with Gasteiger partial charge in [0.2, 0.25) is 5.91 Å². The Hall–Kier alpha value is -2.41. The van der Waals surface area contributed by atoms with Crippen LogP contribution in [-0.4, -0.2) is 31.3 Å². The van der Waals surface area contributed by atoms with Crippen LogP contribution in [0.5, 0.6) is 0 Å². The molecule has 1 heterocycles. The minimum Gasteiger partial charge on any atom is -0.465 e. The van der Waals surface area contributed by atoms with Gasteiger partial charge in [-0.15, -0.1) is 11.8 Å². The van der Waals surface area contributed by atoms with E-state index in [2.05, 4.69) is 0 Å². The third-order valence-electron chi connectivity index (χ3n) is 3.94. The van der Waals surface area contributed by atoms with Crippen molar-refractivity contribution in [2.24, 2.45) is 0 Å². The van der Waals surface area contributed by atoms with Crippen molar-refractivity contribution in [2.75, 3.05) is 24.3 Å². The van der Waals surface area contributed by atoms with Crippen molar-refractivity contribution in [3.63, 3.8) is 0 Å². The lowest BCUT2D eigenvalue weighted by atomic mass is 10.1. The van der Waals surface area contributed by atoms with E-state index < -0.39 is 17.6 Å². The van der Waals surface area contributed by atoms with Gasteiger partial charge in [-0.05, 0) is 42.3 Å². The molecule has 1 aliphatic heterocycles. The van der Waals surface area contributed by atoms with E-state index >= 15 is 0 Å². The molecular weight excluding hydrogens is 348 g/mol. The SMILES string of the molecule is COC(=O)c1ccc2c(c1)CCN2C(=O)CSc1ccc(F)cc1F. The van der Waals surface area contributed by atoms with Crippen LogP contribution in [-0.2, 0) is 16.0 Å². The molecule has 130 valence electrons. The van der Waals surface area contributed by atoms with Gasteiger partial charge in [0.1, 0.15) is 11.6 Å². The topological polar surface area (TPSA) is 46.6 Å². The second-order valence-electron chi connectivity index (χ2n) is 5.49. The fraction of sp³-hybridized carbons (Fsp3) is 0.222. The number of anilines is 1. The fourth-order valence-corrected chi connectivity index (χ4v) is 3.51. The van der Waals surface area contributed by atoms with Crippen molar-refractivity contribution >= 4 is 29.3 Å². The molecule has 25 heavy (non-hydrogen) atoms. The Labute approximate surface area is 147 Å². The molecule has 0 N–H and O–H groups in total. The number of fused-ring (bicyclic) bond motifs is 1. The maximum Gasteiger partial charge on any atom is 0.337 e. The van der Waals surface area contributed by atoms with Crippen LogP contribution in [0, 0.1) is 11.6 Å². The van der Waals surface area contributed by atoms with Gasteiger partial charge < -0.3 is 9.64 Å². The highest BCUT2D eigenvalue weighted by atomic mass is 32.2. The van der Waals surface area contributed by atoms with Gasteiger partial charge in [0, 0.05) is 23.2 Å². The number of benzene rings is 2. The Balaban J connectivity index is 1.70. The van der Waals surface area contributed by atoms with Crippen LogP contribution in [0.1, 0.15) is 15.9 Å². The number of carbonyl (C=O) groups is 2. The van der Waals surface area contributed by atoms with E-state index in [-0.39, 0.29) is 16.6 Å². The third kappa shape index (κ3) is 3.66. The lowest BCUT2D eigenvalue weighted by Crippen LogP contribution is -2.30. The number of carbonyl (C=O) groups excluding carboxylic acids is 2. The summed E-state index contributed by atoms with van der Waals surface area (Å²) in [4.78, 5) is 25.9. The van der Waals surface area contributed by atoms with Gasteiger partial charge >= 0.3 is 5.97 Å². The first-order chi connectivity index (χ1) is 12.0. The molecule has 2 aromatic carbocycles. The summed E-state index contributed by atoms with van der Waals surface area (Å²) >= 11 is 1.03. The Kier molecular flexibility index (Phi) is 5.03. The number of methoxy groups -OCH3 is 1. The molecule has 7 heteroatoms. The average Bonchev–Trinajstić information content (AvgIpc) is 3.03. The van der Waals surface area contributed by atoms with Crippen molar-refractivity contribution in [1.82, 2.24) is 0 Å². The summed E-state index contributed by atoms with van der Waals surface area (Å²) in [6.07, 6.45) is 0.640. The zero-order chi connectivity index (χ0) is 18.0. The zero-order valence-electron chi connectivity index (χ0n) is 13.4. The van der Waals surface area contributed by atoms with E-state index in [9.17, 15) is 18.4 Å². The molecule has 4 nitrogen and oxygen atoms in total. The normalized spacial score (nSPS) is 12.8. The molecule has 0 unspecified atom stereocenters. The van der Waals surface area contributed by atoms with Gasteiger partial charge in [-0.2, -0.15) is 0 Å². The van der Waals surface area contributed by atoms with E-state index in [4.69, 9.17) is 4.74 Å². The maximum atomic E-state index is 13.6. The Morgan fingerprint density at radius 1 is 1.20 bits per heavy atom. The first-order valence-electron chi connectivity index (χ1n) is 7.59. The molecule has 1 aliphatic rings. The van der Waals surface area contributed by atoms with Crippen molar-refractivity contribution in [3.05, 3.63) is 59.2 Å². The van der Waals surface area contributed by atoms with Gasteiger partial charge in [-0.1, -0.05) is 0 Å². The van der Waals surface area contributed by atoms with Crippen molar-refractivity contribution in [2.45, 2.75) is 11.3 Å². The standard InChI is InChI=1S/C18H15F2NO3S/c1-24-18(23)12-2-4-15-11(8-12)6-7-21(15)17(22)10-25-16-5-3-13(19)9-14(16)20/h2-5,8-9H,6-7,10H2,1H3. The summed E-state index contributed by atoms with van der Waals surface area (Å²) in [7, 11) is 1.32. The van der Waals surface area contributed by atoms with E-state index in [1.807, 2.05) is 0 Å². The summed E-state index contributed by atoms with van der Waals surface area (Å²) in [5.74, 6) is -1.88. The molecule has 2 aromatic rings. The minimum absolute atomic E-state index is 0.0424. The molecule has 0 bridgehead atoms. The first-order valence-corrected chi connectivity index (χ1v) is 8.57. The summed E-state index contributed by atoms with van der Waals surface area (Å²) in [5.41, 5.74) is 2.09. The second kappa shape index (κ2) is 7.23. The highest BCUT2D eigenvalue weighted by molar-refractivity contribution is 8.00. The summed E-state index contributed by atoms with van der Waals surface area (Å²) in [6, 6.07) is 8.34. The second-order valence-corrected chi connectivity index (χ2v) is 6.51. The third-order valence-corrected chi connectivity index (χ3v) is 4.98. The van der Waals surface area contributed by atoms with Gasteiger partial charge in [-0.25, -0.2) is 13.6 Å². The number of hydrogen-bond donors (Lipinski definition) is 0. The first kappa shape index (κ1) is 17.4. The Morgan fingerprint density at radius 3 is 2.72 bits per heavy atom. The van der Waals surface area contributed by atoms with Crippen LogP contribution in [0.25, 0.3) is 0 Å².